The van der Waals surface area contributed by atoms with Gasteiger partial charge in [-0.05, 0) is 0 Å². The Bertz CT molecular complexity index is 711. The maximum atomic E-state index is 4.74. The van der Waals surface area contributed by atoms with Gasteiger partial charge in [0, 0.05) is 0 Å². The molecule has 2 aliphatic rings. The van der Waals surface area contributed by atoms with E-state index in [1.165, 1.54) is 26.1 Å². The molecular weight excluding hydrogens is 242 g/mol. The molecule has 0 unspecified atom stereocenters. The van der Waals surface area contributed by atoms with Crippen LogP contribution in [0.5, 0.6) is 0 Å². The molecule has 0 atom stereocenters. The molecule has 0 aromatic heterocycles. The quantitative estimate of drug-likeness (QED) is 0.637. The second-order valence-electron chi connectivity index (χ2n) is 4.30. The van der Waals surface area contributed by atoms with Gasteiger partial charge in [0.15, 0.2) is 0 Å². The summed E-state index contributed by atoms with van der Waals surface area (Å²) in [5.74, 6) is 0. The van der Waals surface area contributed by atoms with Gasteiger partial charge in [0.1, 0.15) is 0 Å². The molecule has 4 rings (SSSR count). The first-order valence-electron chi connectivity index (χ1n) is 5.60. The number of para-hydroxylation sites is 1. The Morgan fingerprint density at radius 1 is 0.882 bits per heavy atom. The Balaban J connectivity index is 2.03. The predicted octanol–water partition coefficient (Wildman–Crippen LogP) is 2.85. The van der Waals surface area contributed by atoms with E-state index in [-0.39, 0.29) is 0 Å². The molecular formula is C15H8NTi. The van der Waals surface area contributed by atoms with Crippen molar-refractivity contribution in [3.8, 4) is 0 Å². The van der Waals surface area contributed by atoms with E-state index in [2.05, 4.69) is 62.9 Å². The van der Waals surface area contributed by atoms with E-state index in [9.17, 15) is 0 Å². The number of rotatable bonds is 0. The molecule has 1 heterocycles. The molecule has 1 nitrogen and oxygen atoms in total. The van der Waals surface area contributed by atoms with Crippen molar-refractivity contribution < 1.29 is 20.4 Å². The van der Waals surface area contributed by atoms with Crippen molar-refractivity contribution >= 4 is 26.9 Å². The molecule has 0 amide bonds. The minimum atomic E-state index is 1.10. The molecule has 0 spiro atoms. The van der Waals surface area contributed by atoms with Gasteiger partial charge in [0.25, 0.3) is 0 Å². The first-order valence-corrected chi connectivity index (χ1v) is 6.38. The molecule has 2 aromatic carbocycles. The summed E-state index contributed by atoms with van der Waals surface area (Å²) in [5.41, 5.74) is 7.39. The van der Waals surface area contributed by atoms with Crippen LogP contribution in [0.1, 0.15) is 16.7 Å². The second-order valence-corrected chi connectivity index (χ2v) is 5.14. The Kier molecular flexibility index (Phi) is 1.85. The predicted molar refractivity (Wildman–Crippen MR) is 66.6 cm³/mol. The standard InChI is InChI=1S/C15H8N.Ti/c1-2-6-11-10(5-1)9-13-12-7-3-4-8-14(12)16-15(11)13;/h1-4,6-9H;. The van der Waals surface area contributed by atoms with E-state index >= 15 is 0 Å². The maximum absolute atomic E-state index is 4.74. The van der Waals surface area contributed by atoms with E-state index < -0.39 is 0 Å². The fourth-order valence-electron chi connectivity index (χ4n) is 2.53. The molecule has 17 heavy (non-hydrogen) atoms. The van der Waals surface area contributed by atoms with Crippen LogP contribution in [-0.4, -0.2) is 5.71 Å². The van der Waals surface area contributed by atoms with E-state index in [1.54, 1.807) is 0 Å². The third kappa shape index (κ3) is 1.21. The number of nitrogens with zero attached hydrogens (tertiary/aromatic N) is 1. The van der Waals surface area contributed by atoms with Gasteiger partial charge in [-0.25, -0.2) is 0 Å². The van der Waals surface area contributed by atoms with Gasteiger partial charge in [-0.15, -0.1) is 0 Å². The summed E-state index contributed by atoms with van der Waals surface area (Å²) in [6.07, 6.45) is 2.27. The van der Waals surface area contributed by atoms with E-state index in [0.29, 0.717) is 0 Å². The van der Waals surface area contributed by atoms with Crippen LogP contribution in [0.4, 0.5) is 5.69 Å². The number of fused-ring (bicyclic) bond motifs is 5. The van der Waals surface area contributed by atoms with Crippen molar-refractivity contribution in [3.05, 3.63) is 59.2 Å². The normalized spacial score (nSPS) is 14.8. The zero-order valence-electron chi connectivity index (χ0n) is 9.07. The Morgan fingerprint density at radius 3 is 2.65 bits per heavy atom. The number of aliphatic imine (C=N–C) groups is 1. The Morgan fingerprint density at radius 2 is 1.71 bits per heavy atom. The SMILES string of the molecule is [Ti][c]1cccc2c1C=C1C2=Nc2ccccc21. The van der Waals surface area contributed by atoms with Crippen molar-refractivity contribution in [2.75, 3.05) is 0 Å². The van der Waals surface area contributed by atoms with E-state index in [1.807, 2.05) is 6.07 Å². The molecule has 2 heteroatoms. The Labute approximate surface area is 111 Å². The van der Waals surface area contributed by atoms with Gasteiger partial charge >= 0.3 is 111 Å². The third-order valence-electron chi connectivity index (χ3n) is 3.33. The molecule has 0 saturated carbocycles. The van der Waals surface area contributed by atoms with Crippen LogP contribution in [-0.2, 0) is 20.4 Å². The van der Waals surface area contributed by atoms with Crippen molar-refractivity contribution in [3.63, 3.8) is 0 Å². The van der Waals surface area contributed by atoms with Gasteiger partial charge in [-0.3, -0.25) is 0 Å². The molecule has 1 aliphatic carbocycles. The van der Waals surface area contributed by atoms with Gasteiger partial charge in [-0.1, -0.05) is 0 Å². The third-order valence-corrected chi connectivity index (χ3v) is 4.01. The molecule has 0 bridgehead atoms. The van der Waals surface area contributed by atoms with Crippen LogP contribution >= 0.6 is 0 Å². The summed E-state index contributed by atoms with van der Waals surface area (Å²) >= 11 is 2.16. The summed E-state index contributed by atoms with van der Waals surface area (Å²) < 4.78 is 1.32. The molecule has 0 radical (unpaired) electrons. The molecule has 0 saturated heterocycles. The average molecular weight is 250 g/mol. The second kappa shape index (κ2) is 3.28. The number of benzene rings is 2. The fourth-order valence-corrected chi connectivity index (χ4v) is 3.00. The van der Waals surface area contributed by atoms with Crippen LogP contribution in [0.3, 0.4) is 0 Å². The molecule has 1 aliphatic heterocycles. The van der Waals surface area contributed by atoms with Gasteiger partial charge in [-0.2, -0.15) is 0 Å². The van der Waals surface area contributed by atoms with Gasteiger partial charge < -0.3 is 0 Å². The topological polar surface area (TPSA) is 12.4 Å². The first kappa shape index (κ1) is 9.58. The van der Waals surface area contributed by atoms with E-state index in [4.69, 9.17) is 4.99 Å². The van der Waals surface area contributed by atoms with Crippen LogP contribution in [0.15, 0.2) is 47.5 Å². The summed E-state index contributed by atoms with van der Waals surface area (Å²) in [7, 11) is 0. The fraction of sp³-hybridized carbons (Fsp3) is 0. The van der Waals surface area contributed by atoms with Crippen LogP contribution in [0.2, 0.25) is 0 Å². The zero-order valence-corrected chi connectivity index (χ0v) is 10.6. The van der Waals surface area contributed by atoms with Crippen molar-refractivity contribution in [2.24, 2.45) is 4.99 Å². The van der Waals surface area contributed by atoms with Crippen LogP contribution < -0.4 is 3.87 Å². The first-order chi connectivity index (χ1) is 8.34. The van der Waals surface area contributed by atoms with Crippen LogP contribution in [0.25, 0.3) is 11.6 Å². The summed E-state index contributed by atoms with van der Waals surface area (Å²) in [5, 5.41) is 0. The van der Waals surface area contributed by atoms with E-state index in [0.717, 1.165) is 11.4 Å². The zero-order chi connectivity index (χ0) is 11.4. The van der Waals surface area contributed by atoms with Crippen molar-refractivity contribution in [2.45, 2.75) is 0 Å². The van der Waals surface area contributed by atoms with Gasteiger partial charge in [0.2, 0.25) is 0 Å². The van der Waals surface area contributed by atoms with Gasteiger partial charge in [0.05, 0.1) is 0 Å². The van der Waals surface area contributed by atoms with Crippen molar-refractivity contribution in [1.82, 2.24) is 0 Å². The molecule has 0 fully saturated rings. The van der Waals surface area contributed by atoms with Crippen LogP contribution in [0, 0.1) is 0 Å². The Hall–Kier alpha value is -1.44. The molecule has 2 aromatic rings. The van der Waals surface area contributed by atoms with Crippen molar-refractivity contribution in [1.29, 1.82) is 0 Å². The molecule has 0 N–H and O–H groups in total. The number of hydrogen-bond acceptors (Lipinski definition) is 1. The monoisotopic (exact) mass is 250 g/mol. The number of allylic oxidation sites excluding steroid dienone is 1. The minimum absolute atomic E-state index is 1.10. The summed E-state index contributed by atoms with van der Waals surface area (Å²) in [4.78, 5) is 4.74. The summed E-state index contributed by atoms with van der Waals surface area (Å²) in [6, 6.07) is 14.8. The average Bonchev–Trinajstić information content (AvgIpc) is 2.87. The molecule has 77 valence electrons. The number of hydrogen-bond donors (Lipinski definition) is 0. The summed E-state index contributed by atoms with van der Waals surface area (Å²) in [6.45, 7) is 0.